The van der Waals surface area contributed by atoms with Crippen LogP contribution in [0.25, 0.3) is 10.6 Å². The van der Waals surface area contributed by atoms with Crippen LogP contribution < -0.4 is 5.32 Å². The van der Waals surface area contributed by atoms with Gasteiger partial charge in [0.2, 0.25) is 10.0 Å². The first kappa shape index (κ1) is 21.6. The molecule has 162 valence electrons. The van der Waals surface area contributed by atoms with E-state index < -0.39 is 21.7 Å². The van der Waals surface area contributed by atoms with Crippen LogP contribution in [0, 0.1) is 5.82 Å². The van der Waals surface area contributed by atoms with E-state index in [-0.39, 0.29) is 10.6 Å². The lowest BCUT2D eigenvalue weighted by Crippen LogP contribution is -2.47. The molecule has 1 aliphatic rings. The predicted molar refractivity (Wildman–Crippen MR) is 118 cm³/mol. The summed E-state index contributed by atoms with van der Waals surface area (Å²) in [4.78, 5) is 19.0. The standard InChI is InChI=1S/C21H21FN4O3S2/c1-25-9-11-26(12-10-25)31(28,29)16-6-4-5-15(13-16)23-20(27)19-14-30-21(24-19)17-7-2-3-8-18(17)22/h2-8,13-14H,9-12H2,1H3,(H,23,27). The number of thiazole rings is 1. The highest BCUT2D eigenvalue weighted by Crippen LogP contribution is 2.27. The zero-order valence-corrected chi connectivity index (χ0v) is 18.4. The van der Waals surface area contributed by atoms with Crippen molar-refractivity contribution in [2.24, 2.45) is 0 Å². The maximum Gasteiger partial charge on any atom is 0.275 e. The number of benzene rings is 2. The number of rotatable bonds is 5. The molecule has 2 aromatic carbocycles. The molecule has 31 heavy (non-hydrogen) atoms. The number of hydrogen-bond donors (Lipinski definition) is 1. The van der Waals surface area contributed by atoms with Crippen molar-refractivity contribution in [1.29, 1.82) is 0 Å². The molecule has 1 aliphatic heterocycles. The minimum absolute atomic E-state index is 0.125. The normalized spacial score (nSPS) is 15.7. The Bertz CT molecular complexity index is 1200. The number of nitrogens with zero attached hydrogens (tertiary/aromatic N) is 3. The van der Waals surface area contributed by atoms with Crippen molar-refractivity contribution in [1.82, 2.24) is 14.2 Å². The molecule has 0 atom stereocenters. The third kappa shape index (κ3) is 4.67. The van der Waals surface area contributed by atoms with Crippen molar-refractivity contribution in [2.45, 2.75) is 4.90 Å². The fraction of sp³-hybridized carbons (Fsp3) is 0.238. The summed E-state index contributed by atoms with van der Waals surface area (Å²) >= 11 is 1.16. The molecule has 10 heteroatoms. The van der Waals surface area contributed by atoms with Gasteiger partial charge in [-0.1, -0.05) is 18.2 Å². The number of hydrogen-bond acceptors (Lipinski definition) is 6. The first-order chi connectivity index (χ1) is 14.8. The first-order valence-corrected chi connectivity index (χ1v) is 12.0. The number of carbonyl (C=O) groups is 1. The largest absolute Gasteiger partial charge is 0.321 e. The van der Waals surface area contributed by atoms with E-state index >= 15 is 0 Å². The van der Waals surface area contributed by atoms with Crippen LogP contribution in [-0.2, 0) is 10.0 Å². The van der Waals surface area contributed by atoms with E-state index in [2.05, 4.69) is 15.2 Å². The van der Waals surface area contributed by atoms with Gasteiger partial charge in [0, 0.05) is 42.8 Å². The quantitative estimate of drug-likeness (QED) is 0.633. The molecule has 0 unspecified atom stereocenters. The third-order valence-corrected chi connectivity index (χ3v) is 7.80. The van der Waals surface area contributed by atoms with Crippen LogP contribution in [0.2, 0.25) is 0 Å². The Hall–Kier alpha value is -2.66. The molecular formula is C21H21FN4O3S2. The highest BCUT2D eigenvalue weighted by Gasteiger charge is 2.27. The summed E-state index contributed by atoms with van der Waals surface area (Å²) in [5, 5.41) is 4.62. The first-order valence-electron chi connectivity index (χ1n) is 9.65. The molecule has 0 spiro atoms. The highest BCUT2D eigenvalue weighted by molar-refractivity contribution is 7.89. The molecule has 3 aromatic rings. The molecule has 0 radical (unpaired) electrons. The Morgan fingerprint density at radius 1 is 1.10 bits per heavy atom. The summed E-state index contributed by atoms with van der Waals surface area (Å²) < 4.78 is 41.3. The minimum Gasteiger partial charge on any atom is -0.321 e. The maximum absolute atomic E-state index is 14.0. The minimum atomic E-state index is -3.64. The van der Waals surface area contributed by atoms with Crippen LogP contribution in [0.1, 0.15) is 10.5 Å². The summed E-state index contributed by atoms with van der Waals surface area (Å²) in [5.41, 5.74) is 0.808. The fourth-order valence-corrected chi connectivity index (χ4v) is 5.54. The van der Waals surface area contributed by atoms with Crippen LogP contribution in [-0.4, -0.2) is 61.7 Å². The number of likely N-dealkylation sites (N-methyl/N-ethyl adjacent to an activating group) is 1. The van der Waals surface area contributed by atoms with E-state index in [0.29, 0.717) is 42.4 Å². The van der Waals surface area contributed by atoms with Gasteiger partial charge in [0.15, 0.2) is 0 Å². The monoisotopic (exact) mass is 460 g/mol. The molecule has 2 heterocycles. The van der Waals surface area contributed by atoms with Crippen molar-refractivity contribution in [3.05, 3.63) is 65.4 Å². The van der Waals surface area contributed by atoms with Gasteiger partial charge >= 0.3 is 0 Å². The van der Waals surface area contributed by atoms with Crippen LogP contribution >= 0.6 is 11.3 Å². The topological polar surface area (TPSA) is 82.6 Å². The molecule has 1 fully saturated rings. The smallest absolute Gasteiger partial charge is 0.275 e. The molecule has 0 aliphatic carbocycles. The number of carbonyl (C=O) groups excluding carboxylic acids is 1. The van der Waals surface area contributed by atoms with E-state index in [1.807, 2.05) is 7.05 Å². The molecule has 4 rings (SSSR count). The van der Waals surface area contributed by atoms with Gasteiger partial charge < -0.3 is 10.2 Å². The molecule has 1 amide bonds. The highest BCUT2D eigenvalue weighted by atomic mass is 32.2. The lowest BCUT2D eigenvalue weighted by Gasteiger charge is -2.31. The van der Waals surface area contributed by atoms with Crippen LogP contribution in [0.4, 0.5) is 10.1 Å². The van der Waals surface area contributed by atoms with Gasteiger partial charge in [-0.3, -0.25) is 4.79 Å². The van der Waals surface area contributed by atoms with Gasteiger partial charge in [0.1, 0.15) is 16.5 Å². The molecule has 7 nitrogen and oxygen atoms in total. The second-order valence-electron chi connectivity index (χ2n) is 7.21. The molecule has 1 N–H and O–H groups in total. The van der Waals surface area contributed by atoms with Gasteiger partial charge in [-0.05, 0) is 37.4 Å². The number of halogens is 1. The second kappa shape index (κ2) is 8.83. The van der Waals surface area contributed by atoms with Gasteiger partial charge in [0.05, 0.1) is 4.90 Å². The van der Waals surface area contributed by atoms with Crippen molar-refractivity contribution in [3.63, 3.8) is 0 Å². The van der Waals surface area contributed by atoms with Gasteiger partial charge in [-0.25, -0.2) is 17.8 Å². The third-order valence-electron chi connectivity index (χ3n) is 5.03. The summed E-state index contributed by atoms with van der Waals surface area (Å²) in [7, 11) is -1.69. The second-order valence-corrected chi connectivity index (χ2v) is 10.0. The van der Waals surface area contributed by atoms with Crippen LogP contribution in [0.3, 0.4) is 0 Å². The Balaban J connectivity index is 1.50. The van der Waals surface area contributed by atoms with Crippen molar-refractivity contribution < 1.29 is 17.6 Å². The average Bonchev–Trinajstić information content (AvgIpc) is 3.25. The van der Waals surface area contributed by atoms with Gasteiger partial charge in [-0.15, -0.1) is 11.3 Å². The number of nitrogens with one attached hydrogen (secondary N) is 1. The van der Waals surface area contributed by atoms with Gasteiger partial charge in [0.25, 0.3) is 5.91 Å². The Kier molecular flexibility index (Phi) is 6.15. The van der Waals surface area contributed by atoms with E-state index in [4.69, 9.17) is 0 Å². The van der Waals surface area contributed by atoms with Crippen molar-refractivity contribution in [2.75, 3.05) is 38.5 Å². The average molecular weight is 461 g/mol. The van der Waals surface area contributed by atoms with E-state index in [1.54, 1.807) is 35.7 Å². The van der Waals surface area contributed by atoms with Crippen molar-refractivity contribution >= 4 is 33.0 Å². The van der Waals surface area contributed by atoms with Crippen LogP contribution in [0.15, 0.2) is 58.8 Å². The number of anilines is 1. The summed E-state index contributed by atoms with van der Waals surface area (Å²) in [6, 6.07) is 12.4. The summed E-state index contributed by atoms with van der Waals surface area (Å²) in [6.45, 7) is 2.19. The van der Waals surface area contributed by atoms with Gasteiger partial charge in [-0.2, -0.15) is 4.31 Å². The van der Waals surface area contributed by atoms with Crippen LogP contribution in [0.5, 0.6) is 0 Å². The Morgan fingerprint density at radius 3 is 2.58 bits per heavy atom. The summed E-state index contributed by atoms with van der Waals surface area (Å²) in [6.07, 6.45) is 0. The SMILES string of the molecule is CN1CCN(S(=O)(=O)c2cccc(NC(=O)c3csc(-c4ccccc4F)n3)c2)CC1. The molecule has 0 saturated carbocycles. The van der Waals surface area contributed by atoms with Crippen molar-refractivity contribution in [3.8, 4) is 10.6 Å². The molecular weight excluding hydrogens is 439 g/mol. The van der Waals surface area contributed by atoms with E-state index in [9.17, 15) is 17.6 Å². The van der Waals surface area contributed by atoms with E-state index in [0.717, 1.165) is 11.3 Å². The zero-order chi connectivity index (χ0) is 22.0. The Labute approximate surface area is 184 Å². The number of sulfonamides is 1. The predicted octanol–water partition coefficient (Wildman–Crippen LogP) is 3.14. The Morgan fingerprint density at radius 2 is 1.84 bits per heavy atom. The number of aromatic nitrogens is 1. The molecule has 1 aromatic heterocycles. The fourth-order valence-electron chi connectivity index (χ4n) is 3.24. The number of piperazine rings is 1. The lowest BCUT2D eigenvalue weighted by atomic mass is 10.2. The number of amides is 1. The molecule has 1 saturated heterocycles. The lowest BCUT2D eigenvalue weighted by molar-refractivity contribution is 0.102. The van der Waals surface area contributed by atoms with E-state index in [1.165, 1.54) is 22.5 Å². The molecule has 0 bridgehead atoms. The maximum atomic E-state index is 14.0. The zero-order valence-electron chi connectivity index (χ0n) is 16.8. The summed E-state index contributed by atoms with van der Waals surface area (Å²) in [5.74, 6) is -0.904.